The highest BCUT2D eigenvalue weighted by Crippen LogP contribution is 2.51. The van der Waals surface area contributed by atoms with Crippen molar-refractivity contribution in [1.82, 2.24) is 0 Å². The number of rotatable bonds is 7. The molecule has 1 saturated carbocycles. The molecule has 0 atom stereocenters. The van der Waals surface area contributed by atoms with E-state index < -0.39 is 0 Å². The van der Waals surface area contributed by atoms with Crippen molar-refractivity contribution < 1.29 is 19.4 Å². The van der Waals surface area contributed by atoms with E-state index in [0.717, 1.165) is 24.2 Å². The quantitative estimate of drug-likeness (QED) is 0.619. The third-order valence-corrected chi connectivity index (χ3v) is 5.19. The van der Waals surface area contributed by atoms with E-state index in [2.05, 4.69) is 0 Å². The van der Waals surface area contributed by atoms with E-state index in [-0.39, 0.29) is 22.9 Å². The standard InChI is InChI=1S/C16H20O4S/c1-11(17)12-3-4-14(18)13(7-12)9-21-10-16(5-6-16)8-15(19)20-2/h3-4,7,18H,5-6,8-10H2,1-2H3. The molecule has 1 aliphatic rings. The van der Waals surface area contributed by atoms with E-state index in [1.807, 2.05) is 0 Å². The van der Waals surface area contributed by atoms with Crippen molar-refractivity contribution in [2.24, 2.45) is 5.41 Å². The summed E-state index contributed by atoms with van der Waals surface area (Å²) in [6.07, 6.45) is 2.57. The highest BCUT2D eigenvalue weighted by Gasteiger charge is 2.44. The zero-order valence-electron chi connectivity index (χ0n) is 12.3. The monoisotopic (exact) mass is 308 g/mol. The summed E-state index contributed by atoms with van der Waals surface area (Å²) < 4.78 is 4.73. The Labute approximate surface area is 128 Å². The number of methoxy groups -OCH3 is 1. The molecule has 2 rings (SSSR count). The van der Waals surface area contributed by atoms with E-state index in [0.29, 0.717) is 17.7 Å². The lowest BCUT2D eigenvalue weighted by Gasteiger charge is -2.13. The Morgan fingerprint density at radius 2 is 2.10 bits per heavy atom. The highest BCUT2D eigenvalue weighted by molar-refractivity contribution is 7.98. The average molecular weight is 308 g/mol. The van der Waals surface area contributed by atoms with Crippen LogP contribution in [0, 0.1) is 5.41 Å². The van der Waals surface area contributed by atoms with Gasteiger partial charge in [-0.3, -0.25) is 9.59 Å². The van der Waals surface area contributed by atoms with Crippen LogP contribution < -0.4 is 0 Å². The van der Waals surface area contributed by atoms with Gasteiger partial charge in [-0.2, -0.15) is 11.8 Å². The average Bonchev–Trinajstić information content (AvgIpc) is 3.20. The summed E-state index contributed by atoms with van der Waals surface area (Å²) in [4.78, 5) is 22.7. The number of phenolic OH excluding ortho intramolecular Hbond substituents is 1. The number of ketones is 1. The number of benzene rings is 1. The molecule has 4 nitrogen and oxygen atoms in total. The minimum atomic E-state index is -0.158. The van der Waals surface area contributed by atoms with Gasteiger partial charge >= 0.3 is 5.97 Å². The molecule has 5 heteroatoms. The first-order valence-electron chi connectivity index (χ1n) is 6.93. The van der Waals surface area contributed by atoms with E-state index in [9.17, 15) is 14.7 Å². The number of hydrogen-bond donors (Lipinski definition) is 1. The zero-order valence-corrected chi connectivity index (χ0v) is 13.2. The second kappa shape index (κ2) is 6.52. The van der Waals surface area contributed by atoms with Gasteiger partial charge in [-0.15, -0.1) is 0 Å². The molecule has 0 amide bonds. The molecule has 1 aromatic carbocycles. The van der Waals surface area contributed by atoms with E-state index in [1.165, 1.54) is 14.0 Å². The maximum atomic E-state index is 11.4. The Morgan fingerprint density at radius 3 is 2.67 bits per heavy atom. The Balaban J connectivity index is 1.90. The van der Waals surface area contributed by atoms with Gasteiger partial charge in [0.15, 0.2) is 5.78 Å². The lowest BCUT2D eigenvalue weighted by atomic mass is 10.1. The van der Waals surface area contributed by atoms with Crippen LogP contribution in [-0.2, 0) is 15.3 Å². The molecule has 0 unspecified atom stereocenters. The van der Waals surface area contributed by atoms with Crippen molar-refractivity contribution in [2.45, 2.75) is 31.9 Å². The minimum Gasteiger partial charge on any atom is -0.508 e. The van der Waals surface area contributed by atoms with Gasteiger partial charge in [0, 0.05) is 16.9 Å². The van der Waals surface area contributed by atoms with E-state index in [1.54, 1.807) is 30.0 Å². The molecular weight excluding hydrogens is 288 g/mol. The highest BCUT2D eigenvalue weighted by atomic mass is 32.2. The fourth-order valence-corrected chi connectivity index (χ4v) is 3.60. The normalized spacial score (nSPS) is 15.5. The maximum Gasteiger partial charge on any atom is 0.306 e. The SMILES string of the molecule is COC(=O)CC1(CSCc2cc(C(C)=O)ccc2O)CC1. The van der Waals surface area contributed by atoms with Gasteiger partial charge in [0.25, 0.3) is 0 Å². The van der Waals surface area contributed by atoms with Crippen molar-refractivity contribution in [2.75, 3.05) is 12.9 Å². The van der Waals surface area contributed by atoms with Crippen LogP contribution in [0.25, 0.3) is 0 Å². The number of hydrogen-bond acceptors (Lipinski definition) is 5. The van der Waals surface area contributed by atoms with Crippen LogP contribution in [-0.4, -0.2) is 29.7 Å². The fraction of sp³-hybridized carbons (Fsp3) is 0.500. The molecule has 0 saturated heterocycles. The fourth-order valence-electron chi connectivity index (χ4n) is 2.22. The molecule has 0 radical (unpaired) electrons. The largest absolute Gasteiger partial charge is 0.508 e. The molecule has 0 heterocycles. The number of ether oxygens (including phenoxy) is 1. The topological polar surface area (TPSA) is 63.6 Å². The smallest absolute Gasteiger partial charge is 0.306 e. The molecule has 1 fully saturated rings. The van der Waals surface area contributed by atoms with Gasteiger partial charge in [0.2, 0.25) is 0 Å². The minimum absolute atomic E-state index is 0.00870. The van der Waals surface area contributed by atoms with E-state index in [4.69, 9.17) is 4.74 Å². The number of carbonyl (C=O) groups excluding carboxylic acids is 2. The molecule has 1 aliphatic carbocycles. The van der Waals surface area contributed by atoms with Crippen LogP contribution in [0.2, 0.25) is 0 Å². The summed E-state index contributed by atoms with van der Waals surface area (Å²) in [5.41, 5.74) is 1.45. The van der Waals surface area contributed by atoms with Crippen LogP contribution in [0.1, 0.15) is 42.1 Å². The number of aromatic hydroxyl groups is 1. The van der Waals surface area contributed by atoms with Gasteiger partial charge in [-0.1, -0.05) is 0 Å². The molecule has 0 aromatic heterocycles. The predicted molar refractivity (Wildman–Crippen MR) is 82.6 cm³/mol. The molecule has 0 aliphatic heterocycles. The summed E-state index contributed by atoms with van der Waals surface area (Å²) in [7, 11) is 1.41. The zero-order chi connectivity index (χ0) is 15.5. The number of esters is 1. The van der Waals surface area contributed by atoms with Crippen LogP contribution >= 0.6 is 11.8 Å². The first-order valence-corrected chi connectivity index (χ1v) is 8.09. The third kappa shape index (κ3) is 4.24. The van der Waals surface area contributed by atoms with Crippen molar-refractivity contribution in [1.29, 1.82) is 0 Å². The molecule has 114 valence electrons. The molecular formula is C16H20O4S. The number of phenols is 1. The number of Topliss-reactive ketones (excluding diaryl/α,β-unsaturated/α-hetero) is 1. The first kappa shape index (κ1) is 15.9. The van der Waals surface area contributed by atoms with Gasteiger partial charge in [-0.05, 0) is 49.1 Å². The molecule has 0 spiro atoms. The van der Waals surface area contributed by atoms with Crippen molar-refractivity contribution in [3.63, 3.8) is 0 Å². The molecule has 21 heavy (non-hydrogen) atoms. The van der Waals surface area contributed by atoms with Gasteiger partial charge in [-0.25, -0.2) is 0 Å². The summed E-state index contributed by atoms with van der Waals surface area (Å²) >= 11 is 1.68. The number of carbonyl (C=O) groups is 2. The Kier molecular flexibility index (Phi) is 4.93. The molecule has 1 aromatic rings. The second-order valence-electron chi connectivity index (χ2n) is 5.65. The van der Waals surface area contributed by atoms with Gasteiger partial charge in [0.1, 0.15) is 5.75 Å². The van der Waals surface area contributed by atoms with Crippen LogP contribution in [0.5, 0.6) is 5.75 Å². The summed E-state index contributed by atoms with van der Waals surface area (Å²) in [5, 5.41) is 9.85. The van der Waals surface area contributed by atoms with Crippen molar-refractivity contribution >= 4 is 23.5 Å². The Hall–Kier alpha value is -1.49. The second-order valence-corrected chi connectivity index (χ2v) is 6.63. The Bertz CT molecular complexity index is 549. The van der Waals surface area contributed by atoms with Crippen LogP contribution in [0.4, 0.5) is 0 Å². The predicted octanol–water partition coefficient (Wildman–Crippen LogP) is 3.17. The first-order chi connectivity index (χ1) is 9.96. The third-order valence-electron chi connectivity index (χ3n) is 3.86. The number of thioether (sulfide) groups is 1. The molecule has 1 N–H and O–H groups in total. The summed E-state index contributed by atoms with van der Waals surface area (Å²) in [5.74, 6) is 1.55. The lowest BCUT2D eigenvalue weighted by Crippen LogP contribution is -2.13. The lowest BCUT2D eigenvalue weighted by molar-refractivity contribution is -0.141. The molecule has 0 bridgehead atoms. The van der Waals surface area contributed by atoms with Crippen LogP contribution in [0.15, 0.2) is 18.2 Å². The van der Waals surface area contributed by atoms with Crippen molar-refractivity contribution in [3.8, 4) is 5.75 Å². The summed E-state index contributed by atoms with van der Waals surface area (Å²) in [6, 6.07) is 4.93. The van der Waals surface area contributed by atoms with E-state index >= 15 is 0 Å². The maximum absolute atomic E-state index is 11.4. The summed E-state index contributed by atoms with van der Waals surface area (Å²) in [6.45, 7) is 1.51. The van der Waals surface area contributed by atoms with Gasteiger partial charge in [0.05, 0.1) is 13.5 Å². The van der Waals surface area contributed by atoms with Gasteiger partial charge < -0.3 is 9.84 Å². The van der Waals surface area contributed by atoms with Crippen LogP contribution in [0.3, 0.4) is 0 Å². The Morgan fingerprint density at radius 1 is 1.38 bits per heavy atom. The van der Waals surface area contributed by atoms with Crippen molar-refractivity contribution in [3.05, 3.63) is 29.3 Å².